The summed E-state index contributed by atoms with van der Waals surface area (Å²) in [7, 11) is 1.62. The van der Waals surface area contributed by atoms with E-state index in [0.29, 0.717) is 12.2 Å². The largest absolute Gasteiger partial charge is 0.496 e. The third kappa shape index (κ3) is 2.65. The van der Waals surface area contributed by atoms with Crippen molar-refractivity contribution in [1.82, 2.24) is 14.7 Å². The summed E-state index contributed by atoms with van der Waals surface area (Å²) in [5.74, 6) is 0.558. The summed E-state index contributed by atoms with van der Waals surface area (Å²) in [5.41, 5.74) is 3.14. The molecule has 0 aliphatic rings. The second-order valence-corrected chi connectivity index (χ2v) is 5.02. The monoisotopic (exact) mass is 295 g/mol. The average molecular weight is 295 g/mol. The third-order valence-corrected chi connectivity index (χ3v) is 3.56. The molecule has 1 N–H and O–H groups in total. The highest BCUT2D eigenvalue weighted by molar-refractivity contribution is 5.92. The van der Waals surface area contributed by atoms with Gasteiger partial charge >= 0.3 is 0 Å². The average Bonchev–Trinajstić information content (AvgIpc) is 2.98. The lowest BCUT2D eigenvalue weighted by molar-refractivity contribution is 0.0946. The molecule has 5 heteroatoms. The van der Waals surface area contributed by atoms with E-state index in [2.05, 4.69) is 10.3 Å². The van der Waals surface area contributed by atoms with Crippen molar-refractivity contribution in [3.63, 3.8) is 0 Å². The Labute approximate surface area is 128 Å². The number of carbonyl (C=O) groups is 1. The number of pyridine rings is 1. The second-order valence-electron chi connectivity index (χ2n) is 5.02. The topological polar surface area (TPSA) is 55.6 Å². The van der Waals surface area contributed by atoms with Crippen molar-refractivity contribution in [2.45, 2.75) is 13.5 Å². The Morgan fingerprint density at radius 2 is 2.05 bits per heavy atom. The zero-order chi connectivity index (χ0) is 15.5. The van der Waals surface area contributed by atoms with Crippen LogP contribution in [0.1, 0.15) is 21.7 Å². The van der Waals surface area contributed by atoms with Gasteiger partial charge in [-0.1, -0.05) is 24.3 Å². The van der Waals surface area contributed by atoms with Gasteiger partial charge in [0.15, 0.2) is 0 Å². The van der Waals surface area contributed by atoms with Crippen LogP contribution >= 0.6 is 0 Å². The molecule has 3 aromatic rings. The molecule has 0 aliphatic carbocycles. The number of aromatic nitrogens is 2. The quantitative estimate of drug-likeness (QED) is 0.805. The van der Waals surface area contributed by atoms with E-state index in [1.54, 1.807) is 13.3 Å². The van der Waals surface area contributed by atoms with Gasteiger partial charge in [0.2, 0.25) is 0 Å². The predicted octanol–water partition coefficient (Wildman–Crippen LogP) is 2.58. The minimum atomic E-state index is -0.200. The fourth-order valence-corrected chi connectivity index (χ4v) is 2.37. The minimum Gasteiger partial charge on any atom is -0.496 e. The van der Waals surface area contributed by atoms with Crippen molar-refractivity contribution < 1.29 is 9.53 Å². The normalized spacial score (nSPS) is 10.6. The standard InChI is InChI=1S/C17H17N3O2/c1-12-6-5-9-16-19-14(11-20(12)16)17(21)18-10-13-7-3-4-8-15(13)22-2/h3-9,11H,10H2,1-2H3,(H,18,21). The van der Waals surface area contributed by atoms with Crippen molar-refractivity contribution in [3.8, 4) is 5.75 Å². The Bertz CT molecular complexity index is 824. The number of hydrogen-bond acceptors (Lipinski definition) is 3. The number of fused-ring (bicyclic) bond motifs is 1. The molecule has 0 atom stereocenters. The van der Waals surface area contributed by atoms with Crippen LogP contribution in [0.25, 0.3) is 5.65 Å². The maximum Gasteiger partial charge on any atom is 0.271 e. The molecule has 0 fully saturated rings. The van der Waals surface area contributed by atoms with E-state index in [9.17, 15) is 4.79 Å². The summed E-state index contributed by atoms with van der Waals surface area (Å²) in [4.78, 5) is 16.6. The summed E-state index contributed by atoms with van der Waals surface area (Å²) < 4.78 is 7.18. The van der Waals surface area contributed by atoms with Crippen molar-refractivity contribution in [2.75, 3.05) is 7.11 Å². The molecule has 0 unspecified atom stereocenters. The van der Waals surface area contributed by atoms with Crippen molar-refractivity contribution in [3.05, 3.63) is 65.6 Å². The summed E-state index contributed by atoms with van der Waals surface area (Å²) in [6, 6.07) is 13.4. The van der Waals surface area contributed by atoms with Gasteiger partial charge < -0.3 is 14.5 Å². The maximum atomic E-state index is 12.3. The number of hydrogen-bond donors (Lipinski definition) is 1. The molecular weight excluding hydrogens is 278 g/mol. The second kappa shape index (κ2) is 5.89. The van der Waals surface area contributed by atoms with E-state index in [1.165, 1.54) is 0 Å². The number of ether oxygens (including phenoxy) is 1. The Kier molecular flexibility index (Phi) is 3.78. The van der Waals surface area contributed by atoms with Crippen LogP contribution in [-0.4, -0.2) is 22.4 Å². The molecule has 112 valence electrons. The summed E-state index contributed by atoms with van der Waals surface area (Å²) in [6.45, 7) is 2.38. The SMILES string of the molecule is COc1ccccc1CNC(=O)c1cn2c(C)cccc2n1. The van der Waals surface area contributed by atoms with Crippen LogP contribution in [0, 0.1) is 6.92 Å². The summed E-state index contributed by atoms with van der Waals surface area (Å²) in [6.07, 6.45) is 1.75. The lowest BCUT2D eigenvalue weighted by Crippen LogP contribution is -2.23. The van der Waals surface area contributed by atoms with Gasteiger partial charge in [-0.25, -0.2) is 4.98 Å². The minimum absolute atomic E-state index is 0.200. The van der Waals surface area contributed by atoms with Crippen LogP contribution < -0.4 is 10.1 Å². The molecular formula is C17H17N3O2. The number of nitrogens with one attached hydrogen (secondary N) is 1. The van der Waals surface area contributed by atoms with Crippen LogP contribution in [0.5, 0.6) is 5.75 Å². The lowest BCUT2D eigenvalue weighted by Gasteiger charge is -2.08. The van der Waals surface area contributed by atoms with Crippen LogP contribution in [0.3, 0.4) is 0 Å². The number of benzene rings is 1. The molecule has 0 spiro atoms. The van der Waals surface area contributed by atoms with Crippen LogP contribution in [0.15, 0.2) is 48.7 Å². The maximum absolute atomic E-state index is 12.3. The Morgan fingerprint density at radius 1 is 1.23 bits per heavy atom. The molecule has 1 aromatic carbocycles. The summed E-state index contributed by atoms with van der Waals surface area (Å²) in [5, 5.41) is 2.88. The van der Waals surface area contributed by atoms with E-state index in [1.807, 2.05) is 53.8 Å². The fraction of sp³-hybridized carbons (Fsp3) is 0.176. The van der Waals surface area contributed by atoms with Gasteiger partial charge in [-0.3, -0.25) is 4.79 Å². The molecule has 0 radical (unpaired) electrons. The first-order valence-corrected chi connectivity index (χ1v) is 7.04. The first kappa shape index (κ1) is 14.1. The highest BCUT2D eigenvalue weighted by Gasteiger charge is 2.12. The van der Waals surface area contributed by atoms with E-state index in [0.717, 1.165) is 22.7 Å². The van der Waals surface area contributed by atoms with Gasteiger partial charge in [-0.2, -0.15) is 0 Å². The molecule has 5 nitrogen and oxygen atoms in total. The molecule has 0 saturated heterocycles. The molecule has 0 saturated carbocycles. The zero-order valence-corrected chi connectivity index (χ0v) is 12.5. The number of carbonyl (C=O) groups excluding carboxylic acids is 1. The molecule has 0 bridgehead atoms. The Balaban J connectivity index is 1.77. The van der Waals surface area contributed by atoms with Gasteiger partial charge in [0.05, 0.1) is 7.11 Å². The molecule has 2 heterocycles. The number of amides is 1. The number of nitrogens with zero attached hydrogens (tertiary/aromatic N) is 2. The Morgan fingerprint density at radius 3 is 2.82 bits per heavy atom. The van der Waals surface area contributed by atoms with Crippen LogP contribution in [-0.2, 0) is 6.54 Å². The van der Waals surface area contributed by atoms with E-state index in [4.69, 9.17) is 4.74 Å². The van der Waals surface area contributed by atoms with E-state index in [-0.39, 0.29) is 5.91 Å². The number of aryl methyl sites for hydroxylation is 1. The molecule has 0 aliphatic heterocycles. The van der Waals surface area contributed by atoms with Gasteiger partial charge in [-0.15, -0.1) is 0 Å². The highest BCUT2D eigenvalue weighted by atomic mass is 16.5. The lowest BCUT2D eigenvalue weighted by atomic mass is 10.2. The van der Waals surface area contributed by atoms with Gasteiger partial charge in [0, 0.05) is 24.0 Å². The Hall–Kier alpha value is -2.82. The van der Waals surface area contributed by atoms with Gasteiger partial charge in [0.1, 0.15) is 17.1 Å². The van der Waals surface area contributed by atoms with Crippen molar-refractivity contribution >= 4 is 11.6 Å². The predicted molar refractivity (Wildman–Crippen MR) is 84.1 cm³/mol. The highest BCUT2D eigenvalue weighted by Crippen LogP contribution is 2.17. The molecule has 2 aromatic heterocycles. The van der Waals surface area contributed by atoms with E-state index >= 15 is 0 Å². The van der Waals surface area contributed by atoms with Crippen molar-refractivity contribution in [1.29, 1.82) is 0 Å². The van der Waals surface area contributed by atoms with Crippen LogP contribution in [0.2, 0.25) is 0 Å². The third-order valence-electron chi connectivity index (χ3n) is 3.56. The molecule has 3 rings (SSSR count). The zero-order valence-electron chi connectivity index (χ0n) is 12.5. The van der Waals surface area contributed by atoms with Gasteiger partial charge in [0.25, 0.3) is 5.91 Å². The number of imidazole rings is 1. The van der Waals surface area contributed by atoms with Gasteiger partial charge in [-0.05, 0) is 25.1 Å². The number of para-hydroxylation sites is 1. The van der Waals surface area contributed by atoms with E-state index < -0.39 is 0 Å². The number of rotatable bonds is 4. The van der Waals surface area contributed by atoms with Crippen LogP contribution in [0.4, 0.5) is 0 Å². The first-order valence-electron chi connectivity index (χ1n) is 7.04. The fourth-order valence-electron chi connectivity index (χ4n) is 2.37. The molecule has 1 amide bonds. The van der Waals surface area contributed by atoms with Crippen molar-refractivity contribution in [2.24, 2.45) is 0 Å². The smallest absolute Gasteiger partial charge is 0.271 e. The number of methoxy groups -OCH3 is 1. The molecule has 22 heavy (non-hydrogen) atoms. The first-order chi connectivity index (χ1) is 10.7. The summed E-state index contributed by atoms with van der Waals surface area (Å²) >= 11 is 0.